The molecule has 0 fully saturated rings. The molecular weight excluding hydrogens is 308 g/mol. The second-order valence-electron chi connectivity index (χ2n) is 5.11. The summed E-state index contributed by atoms with van der Waals surface area (Å²) < 4.78 is 0. The first-order valence-corrected chi connectivity index (χ1v) is 7.94. The van der Waals surface area contributed by atoms with Gasteiger partial charge in [-0.25, -0.2) is 5.48 Å². The lowest BCUT2D eigenvalue weighted by Gasteiger charge is -2.27. The summed E-state index contributed by atoms with van der Waals surface area (Å²) in [7, 11) is 0. The Balaban J connectivity index is 0.00000100. The predicted octanol–water partition coefficient (Wildman–Crippen LogP) is 2.75. The first kappa shape index (κ1) is 17.6. The SMILES string of the molecule is CC.O=C(CCCN1C(=O)c2cccc3cccc(c23)C1=O)NO. The first-order valence-electron chi connectivity index (χ1n) is 7.94. The largest absolute Gasteiger partial charge is 0.289 e. The number of imide groups is 1. The molecule has 6 nitrogen and oxygen atoms in total. The van der Waals surface area contributed by atoms with Crippen molar-refractivity contribution in [1.82, 2.24) is 10.4 Å². The maximum absolute atomic E-state index is 12.5. The number of carbonyl (C=O) groups excluding carboxylic acids is 3. The Morgan fingerprint density at radius 1 is 1.04 bits per heavy atom. The van der Waals surface area contributed by atoms with Gasteiger partial charge in [-0.05, 0) is 23.9 Å². The van der Waals surface area contributed by atoms with Crippen molar-refractivity contribution in [3.05, 3.63) is 47.5 Å². The van der Waals surface area contributed by atoms with Gasteiger partial charge in [0.1, 0.15) is 0 Å². The summed E-state index contributed by atoms with van der Waals surface area (Å²) in [6.45, 7) is 4.13. The molecule has 1 aliphatic heterocycles. The van der Waals surface area contributed by atoms with Crippen molar-refractivity contribution in [1.29, 1.82) is 0 Å². The van der Waals surface area contributed by atoms with Gasteiger partial charge < -0.3 is 0 Å². The van der Waals surface area contributed by atoms with Crippen molar-refractivity contribution in [2.45, 2.75) is 26.7 Å². The molecule has 6 heteroatoms. The maximum atomic E-state index is 12.5. The normalized spacial score (nSPS) is 12.7. The number of nitrogens with zero attached hydrogens (tertiary/aromatic N) is 1. The minimum absolute atomic E-state index is 0.0411. The zero-order valence-corrected chi connectivity index (χ0v) is 13.7. The molecule has 3 rings (SSSR count). The third kappa shape index (κ3) is 3.14. The van der Waals surface area contributed by atoms with Gasteiger partial charge in [0.05, 0.1) is 0 Å². The van der Waals surface area contributed by atoms with E-state index >= 15 is 0 Å². The third-order valence-corrected chi connectivity index (χ3v) is 3.77. The molecule has 0 atom stereocenters. The van der Waals surface area contributed by atoms with Gasteiger partial charge in [0, 0.05) is 29.5 Å². The van der Waals surface area contributed by atoms with Crippen LogP contribution in [0.3, 0.4) is 0 Å². The topological polar surface area (TPSA) is 86.7 Å². The molecule has 0 aromatic heterocycles. The number of hydroxylamine groups is 1. The average molecular weight is 328 g/mol. The highest BCUT2D eigenvalue weighted by Gasteiger charge is 2.32. The van der Waals surface area contributed by atoms with Crippen LogP contribution in [0.1, 0.15) is 47.4 Å². The van der Waals surface area contributed by atoms with Gasteiger partial charge in [-0.15, -0.1) is 0 Å². The van der Waals surface area contributed by atoms with Crippen molar-refractivity contribution in [2.75, 3.05) is 6.54 Å². The Morgan fingerprint density at radius 2 is 1.58 bits per heavy atom. The Bertz CT molecular complexity index is 735. The van der Waals surface area contributed by atoms with Crippen LogP contribution < -0.4 is 5.48 Å². The lowest BCUT2D eigenvalue weighted by Crippen LogP contribution is -2.41. The molecule has 0 unspecified atom stereocenters. The van der Waals surface area contributed by atoms with E-state index in [0.29, 0.717) is 22.9 Å². The zero-order chi connectivity index (χ0) is 17.7. The van der Waals surface area contributed by atoms with E-state index in [4.69, 9.17) is 5.21 Å². The molecule has 0 spiro atoms. The highest BCUT2D eigenvalue weighted by Crippen LogP contribution is 2.29. The third-order valence-electron chi connectivity index (χ3n) is 3.77. The summed E-state index contributed by atoms with van der Waals surface area (Å²) in [4.78, 5) is 37.2. The second-order valence-corrected chi connectivity index (χ2v) is 5.11. The molecule has 24 heavy (non-hydrogen) atoms. The van der Waals surface area contributed by atoms with Crippen molar-refractivity contribution in [3.8, 4) is 0 Å². The molecule has 0 saturated carbocycles. The smallest absolute Gasteiger partial charge is 0.261 e. The first-order chi connectivity index (χ1) is 11.6. The number of carbonyl (C=O) groups is 3. The molecule has 2 aromatic rings. The molecule has 0 aliphatic carbocycles. The number of hydrogen-bond donors (Lipinski definition) is 2. The van der Waals surface area contributed by atoms with E-state index in [1.165, 1.54) is 5.48 Å². The fourth-order valence-electron chi connectivity index (χ4n) is 2.74. The van der Waals surface area contributed by atoms with Gasteiger partial charge in [0.15, 0.2) is 0 Å². The lowest BCUT2D eigenvalue weighted by molar-refractivity contribution is -0.129. The van der Waals surface area contributed by atoms with Crippen LogP contribution in [0.5, 0.6) is 0 Å². The molecule has 2 N–H and O–H groups in total. The Labute approximate surface area is 140 Å². The summed E-state index contributed by atoms with van der Waals surface area (Å²) >= 11 is 0. The van der Waals surface area contributed by atoms with Crippen LogP contribution >= 0.6 is 0 Å². The van der Waals surface area contributed by atoms with Gasteiger partial charge in [0.2, 0.25) is 5.91 Å². The van der Waals surface area contributed by atoms with Crippen molar-refractivity contribution in [2.24, 2.45) is 0 Å². The standard InChI is InChI=1S/C16H14N2O4.C2H6/c19-13(17-22)8-3-9-18-15(20)11-6-1-4-10-5-2-7-12(14(10)11)16(18)21;1-2/h1-2,4-7,22H,3,8-9H2,(H,17,19);1-2H3. The van der Waals surface area contributed by atoms with E-state index in [9.17, 15) is 14.4 Å². The zero-order valence-electron chi connectivity index (χ0n) is 13.7. The Hall–Kier alpha value is -2.73. The summed E-state index contributed by atoms with van der Waals surface area (Å²) in [5.74, 6) is -1.24. The second kappa shape index (κ2) is 7.70. The van der Waals surface area contributed by atoms with Crippen molar-refractivity contribution < 1.29 is 19.6 Å². The maximum Gasteiger partial charge on any atom is 0.261 e. The number of benzene rings is 2. The Morgan fingerprint density at radius 3 is 2.08 bits per heavy atom. The monoisotopic (exact) mass is 328 g/mol. The molecule has 1 aliphatic rings. The van der Waals surface area contributed by atoms with Crippen LogP contribution in [0, 0.1) is 0 Å². The number of amides is 3. The van der Waals surface area contributed by atoms with Crippen molar-refractivity contribution in [3.63, 3.8) is 0 Å². The minimum Gasteiger partial charge on any atom is -0.289 e. The van der Waals surface area contributed by atoms with Crippen LogP contribution in [-0.2, 0) is 4.79 Å². The van der Waals surface area contributed by atoms with E-state index in [0.717, 1.165) is 10.3 Å². The van der Waals surface area contributed by atoms with Crippen LogP contribution in [0.4, 0.5) is 0 Å². The summed E-state index contributed by atoms with van der Waals surface area (Å²) in [5.41, 5.74) is 2.53. The van der Waals surface area contributed by atoms with Gasteiger partial charge in [0.25, 0.3) is 11.8 Å². The molecule has 3 amide bonds. The number of hydrogen-bond acceptors (Lipinski definition) is 4. The number of rotatable bonds is 4. The van der Waals surface area contributed by atoms with E-state index < -0.39 is 5.91 Å². The highest BCUT2D eigenvalue weighted by molar-refractivity contribution is 6.25. The van der Waals surface area contributed by atoms with E-state index in [2.05, 4.69) is 0 Å². The van der Waals surface area contributed by atoms with E-state index in [1.54, 1.807) is 24.3 Å². The van der Waals surface area contributed by atoms with Gasteiger partial charge in [-0.1, -0.05) is 38.1 Å². The van der Waals surface area contributed by atoms with Crippen molar-refractivity contribution >= 4 is 28.5 Å². The van der Waals surface area contributed by atoms with E-state index in [1.807, 2.05) is 26.0 Å². The van der Waals surface area contributed by atoms with Crippen LogP contribution in [-0.4, -0.2) is 34.4 Å². The quantitative estimate of drug-likeness (QED) is 0.513. The Kier molecular flexibility index (Phi) is 5.65. The molecule has 1 heterocycles. The van der Waals surface area contributed by atoms with Crippen LogP contribution in [0.15, 0.2) is 36.4 Å². The molecule has 0 bridgehead atoms. The molecular formula is C18H20N2O4. The molecule has 0 saturated heterocycles. The van der Waals surface area contributed by atoms with Gasteiger partial charge >= 0.3 is 0 Å². The average Bonchev–Trinajstić information content (AvgIpc) is 2.63. The summed E-state index contributed by atoms with van der Waals surface area (Å²) in [6.07, 6.45) is 0.335. The van der Waals surface area contributed by atoms with Gasteiger partial charge in [-0.2, -0.15) is 0 Å². The highest BCUT2D eigenvalue weighted by atomic mass is 16.5. The number of nitrogens with one attached hydrogen (secondary N) is 1. The minimum atomic E-state index is -0.542. The summed E-state index contributed by atoms with van der Waals surface area (Å²) in [5, 5.41) is 10.0. The van der Waals surface area contributed by atoms with Crippen LogP contribution in [0.2, 0.25) is 0 Å². The summed E-state index contributed by atoms with van der Waals surface area (Å²) in [6, 6.07) is 10.7. The predicted molar refractivity (Wildman–Crippen MR) is 89.8 cm³/mol. The lowest BCUT2D eigenvalue weighted by atomic mass is 9.94. The van der Waals surface area contributed by atoms with Gasteiger partial charge in [-0.3, -0.25) is 24.5 Å². The molecule has 2 aromatic carbocycles. The molecule has 126 valence electrons. The fraction of sp³-hybridized carbons (Fsp3) is 0.278. The van der Waals surface area contributed by atoms with Crippen LogP contribution in [0.25, 0.3) is 10.8 Å². The molecule has 0 radical (unpaired) electrons. The fourth-order valence-corrected chi connectivity index (χ4v) is 2.74. The van der Waals surface area contributed by atoms with E-state index in [-0.39, 0.29) is 24.8 Å².